The average Bonchev–Trinajstić information content (AvgIpc) is 3.33. The van der Waals surface area contributed by atoms with Crippen molar-refractivity contribution in [2.24, 2.45) is 0 Å². The van der Waals surface area contributed by atoms with Crippen LogP contribution in [-0.2, 0) is 11.3 Å². The van der Waals surface area contributed by atoms with Gasteiger partial charge in [0.25, 0.3) is 0 Å². The summed E-state index contributed by atoms with van der Waals surface area (Å²) in [5.41, 5.74) is 5.23. The molecule has 5 rings (SSSR count). The first-order valence-electron chi connectivity index (χ1n) is 10.3. The molecule has 0 radical (unpaired) electrons. The number of nitrogens with one attached hydrogen (secondary N) is 1. The van der Waals surface area contributed by atoms with E-state index in [9.17, 15) is 0 Å². The minimum atomic E-state index is 0. The van der Waals surface area contributed by atoms with Crippen molar-refractivity contribution in [3.05, 3.63) is 94.7 Å². The van der Waals surface area contributed by atoms with Crippen molar-refractivity contribution in [3.8, 4) is 11.1 Å². The third-order valence-electron chi connectivity index (χ3n) is 5.87. The van der Waals surface area contributed by atoms with Crippen LogP contribution in [-0.4, -0.2) is 19.2 Å². The van der Waals surface area contributed by atoms with Gasteiger partial charge in [0, 0.05) is 12.5 Å². The van der Waals surface area contributed by atoms with Crippen molar-refractivity contribution in [2.45, 2.75) is 25.0 Å². The number of hydrogen-bond donors (Lipinski definition) is 1. The van der Waals surface area contributed by atoms with Gasteiger partial charge in [0.05, 0.1) is 12.7 Å². The van der Waals surface area contributed by atoms with Crippen molar-refractivity contribution in [1.29, 1.82) is 0 Å². The number of halogens is 1. The van der Waals surface area contributed by atoms with E-state index in [-0.39, 0.29) is 18.5 Å². The fourth-order valence-corrected chi connectivity index (χ4v) is 4.96. The Hall–Kier alpha value is -2.17. The number of thiophene rings is 1. The molecule has 0 amide bonds. The smallest absolute Gasteiger partial charge is 0.0772 e. The van der Waals surface area contributed by atoms with Gasteiger partial charge in [-0.1, -0.05) is 60.7 Å². The highest BCUT2D eigenvalue weighted by atomic mass is 35.5. The maximum absolute atomic E-state index is 6.46. The standard InChI is InChI=1S/C26H25NOS.ClH/c1-2-5-21-14-19(8-9-20(21)4-1)17-28-26-16-27-12-10-25(26)23-7-3-6-22(15-23)24-11-13-29-18-24;/h1-9,11,13-15,18,25-27H,10,12,16-17H2;1H/t25-,26+;/m1./s1. The second kappa shape index (κ2) is 9.76. The molecule has 1 aromatic heterocycles. The topological polar surface area (TPSA) is 21.3 Å². The Bertz CT molecular complexity index is 1100. The Balaban J connectivity index is 0.00000218. The van der Waals surface area contributed by atoms with E-state index in [1.54, 1.807) is 11.3 Å². The molecule has 1 N–H and O–H groups in total. The molecule has 1 aliphatic rings. The van der Waals surface area contributed by atoms with Crippen molar-refractivity contribution >= 4 is 34.5 Å². The van der Waals surface area contributed by atoms with E-state index in [2.05, 4.69) is 88.9 Å². The van der Waals surface area contributed by atoms with Crippen LogP contribution in [0.15, 0.2) is 83.6 Å². The van der Waals surface area contributed by atoms with Crippen LogP contribution >= 0.6 is 23.7 Å². The molecular formula is C26H26ClNOS. The largest absolute Gasteiger partial charge is 0.372 e. The zero-order valence-electron chi connectivity index (χ0n) is 16.8. The Morgan fingerprint density at radius 1 is 0.900 bits per heavy atom. The number of ether oxygens (including phenoxy) is 1. The second-order valence-electron chi connectivity index (χ2n) is 7.77. The van der Waals surface area contributed by atoms with Gasteiger partial charge in [0.2, 0.25) is 0 Å². The first-order chi connectivity index (χ1) is 14.4. The predicted molar refractivity (Wildman–Crippen MR) is 130 cm³/mol. The zero-order valence-corrected chi connectivity index (χ0v) is 18.4. The molecule has 3 aromatic carbocycles. The van der Waals surface area contributed by atoms with E-state index in [0.29, 0.717) is 12.5 Å². The monoisotopic (exact) mass is 435 g/mol. The second-order valence-corrected chi connectivity index (χ2v) is 8.55. The van der Waals surface area contributed by atoms with Gasteiger partial charge in [-0.05, 0) is 68.9 Å². The van der Waals surface area contributed by atoms with E-state index in [4.69, 9.17) is 4.74 Å². The molecule has 154 valence electrons. The molecular weight excluding hydrogens is 410 g/mol. The highest BCUT2D eigenvalue weighted by molar-refractivity contribution is 7.08. The number of fused-ring (bicyclic) bond motifs is 1. The van der Waals surface area contributed by atoms with Crippen molar-refractivity contribution in [1.82, 2.24) is 5.32 Å². The summed E-state index contributed by atoms with van der Waals surface area (Å²) in [7, 11) is 0. The fraction of sp³-hybridized carbons (Fsp3) is 0.231. The Labute approximate surface area is 188 Å². The number of piperidine rings is 1. The van der Waals surface area contributed by atoms with Crippen molar-refractivity contribution < 1.29 is 4.74 Å². The van der Waals surface area contributed by atoms with Crippen LogP contribution in [0.5, 0.6) is 0 Å². The van der Waals surface area contributed by atoms with Gasteiger partial charge in [-0.3, -0.25) is 0 Å². The van der Waals surface area contributed by atoms with Gasteiger partial charge >= 0.3 is 0 Å². The molecule has 2 atom stereocenters. The molecule has 0 unspecified atom stereocenters. The van der Waals surface area contributed by atoms with E-state index < -0.39 is 0 Å². The van der Waals surface area contributed by atoms with Gasteiger partial charge in [0.1, 0.15) is 0 Å². The summed E-state index contributed by atoms with van der Waals surface area (Å²) in [5, 5.41) is 10.4. The molecule has 1 fully saturated rings. The molecule has 0 bridgehead atoms. The van der Waals surface area contributed by atoms with E-state index >= 15 is 0 Å². The molecule has 2 nitrogen and oxygen atoms in total. The highest BCUT2D eigenvalue weighted by Gasteiger charge is 2.27. The lowest BCUT2D eigenvalue weighted by Gasteiger charge is -2.33. The fourth-order valence-electron chi connectivity index (χ4n) is 4.30. The number of benzene rings is 3. The normalized spacial score (nSPS) is 18.8. The zero-order chi connectivity index (χ0) is 19.5. The van der Waals surface area contributed by atoms with Gasteiger partial charge in [0.15, 0.2) is 0 Å². The summed E-state index contributed by atoms with van der Waals surface area (Å²) in [6.45, 7) is 2.60. The Morgan fingerprint density at radius 3 is 2.67 bits per heavy atom. The van der Waals surface area contributed by atoms with Crippen molar-refractivity contribution in [2.75, 3.05) is 13.1 Å². The molecule has 0 saturated carbocycles. The van der Waals surface area contributed by atoms with E-state index in [1.165, 1.54) is 33.0 Å². The number of rotatable bonds is 5. The minimum Gasteiger partial charge on any atom is -0.372 e. The van der Waals surface area contributed by atoms with Gasteiger partial charge < -0.3 is 10.1 Å². The molecule has 4 aromatic rings. The van der Waals surface area contributed by atoms with E-state index in [0.717, 1.165) is 19.5 Å². The van der Waals surface area contributed by atoms with Crippen LogP contribution in [0, 0.1) is 0 Å². The van der Waals surface area contributed by atoms with Crippen molar-refractivity contribution in [3.63, 3.8) is 0 Å². The van der Waals surface area contributed by atoms with Gasteiger partial charge in [-0.15, -0.1) is 12.4 Å². The predicted octanol–water partition coefficient (Wildman–Crippen LogP) is 6.65. The quantitative estimate of drug-likeness (QED) is 0.378. The number of hydrogen-bond acceptors (Lipinski definition) is 3. The third kappa shape index (κ3) is 4.60. The summed E-state index contributed by atoms with van der Waals surface area (Å²) in [6, 6.07) is 26.3. The van der Waals surface area contributed by atoms with Crippen LogP contribution in [0.25, 0.3) is 21.9 Å². The van der Waals surface area contributed by atoms with Crippen LogP contribution in [0.4, 0.5) is 0 Å². The lowest BCUT2D eigenvalue weighted by molar-refractivity contribution is 0.0107. The average molecular weight is 436 g/mol. The molecule has 0 aliphatic carbocycles. The molecule has 1 saturated heterocycles. The van der Waals surface area contributed by atoms with Crippen LogP contribution in [0.1, 0.15) is 23.5 Å². The molecule has 0 spiro atoms. The summed E-state index contributed by atoms with van der Waals surface area (Å²) in [4.78, 5) is 0. The SMILES string of the molecule is Cl.c1cc(-c2ccsc2)cc([C@H]2CCNC[C@@H]2OCc2ccc3ccccc3c2)c1. The molecule has 30 heavy (non-hydrogen) atoms. The maximum Gasteiger partial charge on any atom is 0.0772 e. The van der Waals surface area contributed by atoms with Gasteiger partial charge in [-0.2, -0.15) is 11.3 Å². The van der Waals surface area contributed by atoms with Crippen LogP contribution in [0.2, 0.25) is 0 Å². The summed E-state index contributed by atoms with van der Waals surface area (Å²) in [5.74, 6) is 0.426. The summed E-state index contributed by atoms with van der Waals surface area (Å²) >= 11 is 1.75. The molecule has 2 heterocycles. The molecule has 4 heteroatoms. The first kappa shape index (κ1) is 21.1. The highest BCUT2D eigenvalue weighted by Crippen LogP contribution is 2.32. The van der Waals surface area contributed by atoms with Crippen LogP contribution in [0.3, 0.4) is 0 Å². The van der Waals surface area contributed by atoms with Gasteiger partial charge in [-0.25, -0.2) is 0 Å². The van der Waals surface area contributed by atoms with E-state index in [1.807, 2.05) is 0 Å². The Kier molecular flexibility index (Phi) is 6.86. The summed E-state index contributed by atoms with van der Waals surface area (Å²) < 4.78 is 6.46. The lowest BCUT2D eigenvalue weighted by Crippen LogP contribution is -2.41. The lowest BCUT2D eigenvalue weighted by atomic mass is 9.86. The first-order valence-corrected chi connectivity index (χ1v) is 11.2. The third-order valence-corrected chi connectivity index (χ3v) is 6.56. The minimum absolute atomic E-state index is 0. The molecule has 1 aliphatic heterocycles. The summed E-state index contributed by atoms with van der Waals surface area (Å²) in [6.07, 6.45) is 1.29. The Morgan fingerprint density at radius 2 is 1.80 bits per heavy atom. The van der Waals surface area contributed by atoms with Crippen LogP contribution < -0.4 is 5.32 Å². The maximum atomic E-state index is 6.46.